The smallest absolute Gasteiger partial charge is 0.265 e. The van der Waals surface area contributed by atoms with Crippen LogP contribution in [-0.2, 0) is 24.8 Å². The predicted octanol–water partition coefficient (Wildman–Crippen LogP) is 2.63. The van der Waals surface area contributed by atoms with E-state index in [0.29, 0.717) is 9.99 Å². The molecule has 1 aliphatic heterocycles. The van der Waals surface area contributed by atoms with Crippen LogP contribution in [-0.4, -0.2) is 35.6 Å². The Bertz CT molecular complexity index is 1160. The van der Waals surface area contributed by atoms with E-state index in [4.69, 9.17) is 4.74 Å². The topological polar surface area (TPSA) is 110 Å². The molecule has 1 amide bonds. The van der Waals surface area contributed by atoms with E-state index in [0.717, 1.165) is 16.1 Å². The second-order valence-corrected chi connectivity index (χ2v) is 10.6. The number of nitrogens with zero attached hydrogens (tertiary/aromatic N) is 1. The molecule has 2 aromatic rings. The molecular formula is C17H17BrN2O6S2. The fourth-order valence-electron chi connectivity index (χ4n) is 2.79. The van der Waals surface area contributed by atoms with Crippen molar-refractivity contribution in [1.29, 1.82) is 0 Å². The van der Waals surface area contributed by atoms with Crippen LogP contribution in [0.1, 0.15) is 12.0 Å². The summed E-state index contributed by atoms with van der Waals surface area (Å²) in [6, 6.07) is 8.70. The van der Waals surface area contributed by atoms with Crippen LogP contribution in [0.15, 0.2) is 45.8 Å². The summed E-state index contributed by atoms with van der Waals surface area (Å²) in [5, 5.41) is 0. The lowest BCUT2D eigenvalue weighted by molar-refractivity contribution is -0.116. The van der Waals surface area contributed by atoms with E-state index < -0.39 is 26.0 Å². The number of anilines is 2. The van der Waals surface area contributed by atoms with Crippen LogP contribution < -0.4 is 13.8 Å². The summed E-state index contributed by atoms with van der Waals surface area (Å²) >= 11 is 3.35. The molecule has 3 rings (SSSR count). The molecule has 2 aromatic carbocycles. The van der Waals surface area contributed by atoms with Crippen molar-refractivity contribution in [1.82, 2.24) is 0 Å². The molecule has 11 heteroatoms. The maximum Gasteiger partial charge on any atom is 0.265 e. The number of sulfonamides is 2. The van der Waals surface area contributed by atoms with Gasteiger partial charge in [-0.2, -0.15) is 0 Å². The predicted molar refractivity (Wildman–Crippen MR) is 109 cm³/mol. The summed E-state index contributed by atoms with van der Waals surface area (Å²) in [6.07, 6.45) is -0.146. The highest BCUT2D eigenvalue weighted by atomic mass is 79.9. The molecule has 0 atom stereocenters. The average Bonchev–Trinajstić information content (AvgIpc) is 2.90. The third kappa shape index (κ3) is 3.87. The van der Waals surface area contributed by atoms with Gasteiger partial charge in [0.15, 0.2) is 0 Å². The van der Waals surface area contributed by atoms with E-state index in [2.05, 4.69) is 20.7 Å². The first kappa shape index (κ1) is 20.6. The van der Waals surface area contributed by atoms with Gasteiger partial charge in [0.2, 0.25) is 15.9 Å². The van der Waals surface area contributed by atoms with Crippen LogP contribution in [0.2, 0.25) is 0 Å². The number of hydrogen-bond donors (Lipinski definition) is 1. The van der Waals surface area contributed by atoms with Gasteiger partial charge in [0, 0.05) is 16.6 Å². The second-order valence-electron chi connectivity index (χ2n) is 6.13. The van der Waals surface area contributed by atoms with E-state index in [9.17, 15) is 21.6 Å². The maximum absolute atomic E-state index is 12.9. The number of amides is 1. The van der Waals surface area contributed by atoms with Crippen LogP contribution >= 0.6 is 15.9 Å². The molecule has 0 bridgehead atoms. The summed E-state index contributed by atoms with van der Waals surface area (Å²) in [7, 11) is -6.63. The van der Waals surface area contributed by atoms with Crippen molar-refractivity contribution < 1.29 is 26.4 Å². The number of nitrogens with one attached hydrogen (secondary N) is 1. The molecule has 0 spiro atoms. The Balaban J connectivity index is 2.06. The zero-order valence-electron chi connectivity index (χ0n) is 15.0. The lowest BCUT2D eigenvalue weighted by atomic mass is 10.2. The molecule has 1 fully saturated rings. The first-order valence-corrected chi connectivity index (χ1v) is 12.0. The fourth-order valence-corrected chi connectivity index (χ4v) is 5.73. The van der Waals surface area contributed by atoms with Gasteiger partial charge in [-0.3, -0.25) is 9.52 Å². The maximum atomic E-state index is 12.9. The number of methoxy groups -OCH3 is 1. The van der Waals surface area contributed by atoms with Gasteiger partial charge < -0.3 is 4.74 Å². The van der Waals surface area contributed by atoms with Gasteiger partial charge >= 0.3 is 0 Å². The molecule has 1 aliphatic rings. The quantitative estimate of drug-likeness (QED) is 0.692. The Kier molecular flexibility index (Phi) is 5.43. The number of rotatable bonds is 5. The molecular weight excluding hydrogens is 472 g/mol. The van der Waals surface area contributed by atoms with Crippen LogP contribution in [0.3, 0.4) is 0 Å². The van der Waals surface area contributed by atoms with Crippen LogP contribution in [0.4, 0.5) is 11.4 Å². The monoisotopic (exact) mass is 488 g/mol. The van der Waals surface area contributed by atoms with E-state index in [1.807, 2.05) is 6.92 Å². The van der Waals surface area contributed by atoms with Crippen molar-refractivity contribution in [3.8, 4) is 5.75 Å². The molecule has 28 heavy (non-hydrogen) atoms. The molecule has 0 aromatic heterocycles. The third-order valence-corrected chi connectivity index (χ3v) is 8.14. The van der Waals surface area contributed by atoms with E-state index >= 15 is 0 Å². The third-order valence-electron chi connectivity index (χ3n) is 4.16. The van der Waals surface area contributed by atoms with Crippen molar-refractivity contribution >= 4 is 53.3 Å². The van der Waals surface area contributed by atoms with Crippen molar-refractivity contribution in [2.24, 2.45) is 0 Å². The number of hydrogen-bond acceptors (Lipinski definition) is 6. The molecule has 0 radical (unpaired) electrons. The molecule has 8 nitrogen and oxygen atoms in total. The van der Waals surface area contributed by atoms with Gasteiger partial charge in [0.1, 0.15) is 10.6 Å². The minimum Gasteiger partial charge on any atom is -0.495 e. The zero-order valence-corrected chi connectivity index (χ0v) is 18.2. The molecule has 0 saturated carbocycles. The highest BCUT2D eigenvalue weighted by Crippen LogP contribution is 2.33. The van der Waals surface area contributed by atoms with Gasteiger partial charge in [0.05, 0.1) is 18.6 Å². The van der Waals surface area contributed by atoms with Gasteiger partial charge in [-0.1, -0.05) is 15.9 Å². The number of ether oxygens (including phenoxy) is 1. The Morgan fingerprint density at radius 1 is 1.18 bits per heavy atom. The summed E-state index contributed by atoms with van der Waals surface area (Å²) < 4.78 is 59.2. The first-order chi connectivity index (χ1) is 13.0. The Hall–Kier alpha value is -2.11. The van der Waals surface area contributed by atoms with Gasteiger partial charge in [0.25, 0.3) is 10.0 Å². The number of benzene rings is 2. The average molecular weight is 489 g/mol. The highest BCUT2D eigenvalue weighted by Gasteiger charge is 2.37. The fraction of sp³-hybridized carbons (Fsp3) is 0.235. The summed E-state index contributed by atoms with van der Waals surface area (Å²) in [6.45, 7) is 1.81. The summed E-state index contributed by atoms with van der Waals surface area (Å²) in [4.78, 5) is 11.7. The van der Waals surface area contributed by atoms with E-state index in [1.165, 1.54) is 19.2 Å². The minimum absolute atomic E-state index is 0.0223. The van der Waals surface area contributed by atoms with Crippen LogP contribution in [0, 0.1) is 6.92 Å². The Morgan fingerprint density at radius 3 is 2.46 bits per heavy atom. The van der Waals surface area contributed by atoms with Gasteiger partial charge in [-0.05, 0) is 48.9 Å². The van der Waals surface area contributed by atoms with E-state index in [-0.39, 0.29) is 28.5 Å². The zero-order chi connectivity index (χ0) is 20.7. The molecule has 1 saturated heterocycles. The lowest BCUT2D eigenvalue weighted by Crippen LogP contribution is -2.29. The van der Waals surface area contributed by atoms with Crippen molar-refractivity contribution in [2.45, 2.75) is 18.2 Å². The molecule has 150 valence electrons. The Morgan fingerprint density at radius 2 is 1.89 bits per heavy atom. The van der Waals surface area contributed by atoms with Crippen molar-refractivity contribution in [2.75, 3.05) is 21.9 Å². The Labute approximate surface area is 171 Å². The van der Waals surface area contributed by atoms with E-state index in [1.54, 1.807) is 18.2 Å². The standard InChI is InChI=1S/C17H17BrN2O6S2/c1-11-9-12(3-5-14(11)18)19-28(24,25)16-10-13(4-6-15(16)26-2)20-17(21)7-8-27(20,22)23/h3-6,9-10,19H,7-8H2,1-2H3. The second kappa shape index (κ2) is 7.37. The lowest BCUT2D eigenvalue weighted by Gasteiger charge is -2.18. The minimum atomic E-state index is -4.12. The molecule has 0 unspecified atom stereocenters. The largest absolute Gasteiger partial charge is 0.495 e. The number of carbonyl (C=O) groups excluding carboxylic acids is 1. The van der Waals surface area contributed by atoms with Crippen molar-refractivity contribution in [3.05, 3.63) is 46.4 Å². The number of halogens is 1. The molecule has 1 N–H and O–H groups in total. The van der Waals surface area contributed by atoms with Crippen LogP contribution in [0.5, 0.6) is 5.75 Å². The molecule has 0 aliphatic carbocycles. The first-order valence-electron chi connectivity index (χ1n) is 8.08. The summed E-state index contributed by atoms with van der Waals surface area (Å²) in [5.74, 6) is -0.893. The van der Waals surface area contributed by atoms with Gasteiger partial charge in [-0.15, -0.1) is 0 Å². The van der Waals surface area contributed by atoms with Crippen molar-refractivity contribution in [3.63, 3.8) is 0 Å². The number of carbonyl (C=O) groups is 1. The van der Waals surface area contributed by atoms with Crippen LogP contribution in [0.25, 0.3) is 0 Å². The number of aryl methyl sites for hydroxylation is 1. The van der Waals surface area contributed by atoms with Gasteiger partial charge in [-0.25, -0.2) is 21.1 Å². The highest BCUT2D eigenvalue weighted by molar-refractivity contribution is 9.10. The normalized spacial score (nSPS) is 16.2. The SMILES string of the molecule is COc1ccc(N2C(=O)CCS2(=O)=O)cc1S(=O)(=O)Nc1ccc(Br)c(C)c1. The molecule has 1 heterocycles. The summed E-state index contributed by atoms with van der Waals surface area (Å²) in [5.41, 5.74) is 1.11.